The fourth-order valence-corrected chi connectivity index (χ4v) is 4.63. The summed E-state index contributed by atoms with van der Waals surface area (Å²) in [5.41, 5.74) is 3.13. The van der Waals surface area contributed by atoms with Crippen molar-refractivity contribution in [3.05, 3.63) is 47.2 Å². The van der Waals surface area contributed by atoms with E-state index in [1.165, 1.54) is 4.90 Å². The number of nitrogens with two attached hydrogens (primary N) is 1. The highest BCUT2D eigenvalue weighted by molar-refractivity contribution is 7.97. The van der Waals surface area contributed by atoms with E-state index in [1.54, 1.807) is 18.2 Å². The fourth-order valence-electron chi connectivity index (χ4n) is 4.28. The van der Waals surface area contributed by atoms with Crippen molar-refractivity contribution in [1.82, 2.24) is 4.98 Å². The van der Waals surface area contributed by atoms with Crippen molar-refractivity contribution in [1.29, 1.82) is 0 Å². The Bertz CT molecular complexity index is 953. The zero-order valence-electron chi connectivity index (χ0n) is 17.5. The Hall–Kier alpha value is -2.19. The van der Waals surface area contributed by atoms with Crippen molar-refractivity contribution in [2.75, 3.05) is 23.3 Å². The summed E-state index contributed by atoms with van der Waals surface area (Å²) in [4.78, 5) is 20.7. The number of nitrogens with one attached hydrogen (secondary N) is 1. The number of rotatable bonds is 2. The van der Waals surface area contributed by atoms with Gasteiger partial charge in [0.15, 0.2) is 0 Å². The van der Waals surface area contributed by atoms with Gasteiger partial charge in [0.25, 0.3) is 5.91 Å². The van der Waals surface area contributed by atoms with Gasteiger partial charge >= 0.3 is 0 Å². The summed E-state index contributed by atoms with van der Waals surface area (Å²) in [6.45, 7) is 0.294. The van der Waals surface area contributed by atoms with Crippen LogP contribution in [0, 0.1) is 0 Å². The molecule has 1 aromatic heterocycles. The number of alkyl halides is 2. The number of amides is 1. The predicted molar refractivity (Wildman–Crippen MR) is 121 cm³/mol. The van der Waals surface area contributed by atoms with Crippen molar-refractivity contribution in [3.8, 4) is 0 Å². The second-order valence-electron chi connectivity index (χ2n) is 8.26. The summed E-state index contributed by atoms with van der Waals surface area (Å²) in [7, 11) is 0. The average molecular weight is 447 g/mol. The van der Waals surface area contributed by atoms with Gasteiger partial charge < -0.3 is 10.2 Å². The van der Waals surface area contributed by atoms with Crippen molar-refractivity contribution in [2.24, 2.45) is 5.14 Å². The van der Waals surface area contributed by atoms with Crippen molar-refractivity contribution >= 4 is 29.4 Å². The van der Waals surface area contributed by atoms with E-state index in [0.717, 1.165) is 60.2 Å². The van der Waals surface area contributed by atoms with Crippen LogP contribution in [0.15, 0.2) is 35.2 Å². The minimum atomic E-state index is -2.83. The van der Waals surface area contributed by atoms with E-state index in [2.05, 4.69) is 5.32 Å². The lowest BCUT2D eigenvalue weighted by atomic mass is 10.0. The van der Waals surface area contributed by atoms with Crippen LogP contribution in [0.4, 0.5) is 20.3 Å². The van der Waals surface area contributed by atoms with Gasteiger partial charge in [-0.3, -0.25) is 9.93 Å². The molecule has 31 heavy (non-hydrogen) atoms. The van der Waals surface area contributed by atoms with E-state index < -0.39 is 5.92 Å². The third-order valence-corrected chi connectivity index (χ3v) is 6.53. The third kappa shape index (κ3) is 5.18. The van der Waals surface area contributed by atoms with Gasteiger partial charge in [-0.05, 0) is 73.9 Å². The van der Waals surface area contributed by atoms with E-state index in [1.807, 2.05) is 12.1 Å². The maximum absolute atomic E-state index is 14.5. The Morgan fingerprint density at radius 3 is 2.77 bits per heavy atom. The molecule has 2 heterocycles. The molecule has 0 saturated carbocycles. The molecular formula is C23H28F2N4OS. The number of carbonyl (C=O) groups excluding carboxylic acids is 1. The zero-order valence-corrected chi connectivity index (χ0v) is 18.3. The van der Waals surface area contributed by atoms with Crippen LogP contribution in [-0.2, 0) is 12.8 Å². The van der Waals surface area contributed by atoms with Gasteiger partial charge in [-0.1, -0.05) is 12.5 Å². The number of hydrogen-bond donors (Lipinski definition) is 2. The number of halogens is 2. The van der Waals surface area contributed by atoms with E-state index >= 15 is 0 Å². The maximum atomic E-state index is 14.5. The monoisotopic (exact) mass is 446 g/mol. The molecular weight excluding hydrogens is 418 g/mol. The summed E-state index contributed by atoms with van der Waals surface area (Å²) < 4.78 is 28.9. The van der Waals surface area contributed by atoms with Gasteiger partial charge in [-0.25, -0.2) is 13.8 Å². The Labute approximate surface area is 185 Å². The molecule has 0 bridgehead atoms. The van der Waals surface area contributed by atoms with Crippen LogP contribution in [0.3, 0.4) is 0 Å². The van der Waals surface area contributed by atoms with Crippen LogP contribution in [0.2, 0.25) is 0 Å². The first-order chi connectivity index (χ1) is 15.0. The van der Waals surface area contributed by atoms with Gasteiger partial charge in [0, 0.05) is 42.2 Å². The molecule has 0 fully saturated rings. The highest BCUT2D eigenvalue weighted by Gasteiger charge is 2.32. The van der Waals surface area contributed by atoms with E-state index in [4.69, 9.17) is 10.1 Å². The Balaban J connectivity index is 1.78. The number of anilines is 2. The summed E-state index contributed by atoms with van der Waals surface area (Å²) in [6.07, 6.45) is 4.78. The normalized spacial score (nSPS) is 19.5. The predicted octanol–water partition coefficient (Wildman–Crippen LogP) is 5.19. The zero-order chi connectivity index (χ0) is 21.8. The van der Waals surface area contributed by atoms with Crippen LogP contribution in [0.5, 0.6) is 0 Å². The maximum Gasteiger partial charge on any atom is 0.262 e. The highest BCUT2D eigenvalue weighted by Crippen LogP contribution is 2.32. The molecule has 5 nitrogen and oxygen atoms in total. The minimum Gasteiger partial charge on any atom is -0.369 e. The van der Waals surface area contributed by atoms with Crippen LogP contribution in [0.25, 0.3) is 0 Å². The molecule has 1 aromatic carbocycles. The fraction of sp³-hybridized carbons (Fsp3) is 0.478. The van der Waals surface area contributed by atoms with Crippen molar-refractivity contribution < 1.29 is 13.6 Å². The Morgan fingerprint density at radius 2 is 1.94 bits per heavy atom. The molecule has 2 aliphatic rings. The molecule has 0 radical (unpaired) electrons. The molecule has 3 N–H and O–H groups in total. The summed E-state index contributed by atoms with van der Waals surface area (Å²) in [6, 6.07) is 9.08. The molecule has 1 aliphatic heterocycles. The molecule has 1 amide bonds. The minimum absolute atomic E-state index is 0.0684. The average Bonchev–Trinajstić information content (AvgIpc) is 3.01. The topological polar surface area (TPSA) is 71.2 Å². The molecule has 0 spiro atoms. The molecule has 0 unspecified atom stereocenters. The molecule has 0 atom stereocenters. The second-order valence-corrected chi connectivity index (χ2v) is 8.97. The molecule has 1 aliphatic carbocycles. The Kier molecular flexibility index (Phi) is 6.77. The van der Waals surface area contributed by atoms with Crippen LogP contribution < -0.4 is 15.4 Å². The number of nitrogens with zero attached hydrogens (tertiary/aromatic N) is 2. The van der Waals surface area contributed by atoms with Crippen LogP contribution in [0.1, 0.15) is 60.1 Å². The van der Waals surface area contributed by atoms with Gasteiger partial charge in [0.1, 0.15) is 5.82 Å². The van der Waals surface area contributed by atoms with Crippen molar-refractivity contribution in [2.45, 2.75) is 62.2 Å². The number of benzene rings is 1. The molecule has 0 saturated heterocycles. The molecule has 4 rings (SSSR count). The molecule has 8 heteroatoms. The lowest BCUT2D eigenvalue weighted by molar-refractivity contribution is -0.0147. The summed E-state index contributed by atoms with van der Waals surface area (Å²) in [5, 5.41) is 8.87. The largest absolute Gasteiger partial charge is 0.369 e. The molecule has 2 aromatic rings. The number of carbonyl (C=O) groups is 1. The summed E-state index contributed by atoms with van der Waals surface area (Å²) >= 11 is 1.06. The number of aromatic nitrogens is 1. The lowest BCUT2D eigenvalue weighted by Crippen LogP contribution is -2.35. The summed E-state index contributed by atoms with van der Waals surface area (Å²) in [5.74, 6) is -2.63. The SMILES string of the molecule is NSc1cccc(N2CCC(F)(F)CCCNc3nc4c(cc3C2=O)CCCCC4)c1. The first-order valence-electron chi connectivity index (χ1n) is 10.9. The standard InChI is InChI=1S/C23H28F2N4OS/c24-23(25)10-5-12-27-21-19(14-16-6-2-1-3-9-20(16)28-21)22(30)29(13-11-23)17-7-4-8-18(15-17)31-26/h4,7-8,14-15H,1-3,5-6,9-13,26H2,(H,27,28). The van der Waals surface area contributed by atoms with Gasteiger partial charge in [0.2, 0.25) is 5.92 Å². The molecule has 166 valence electrons. The number of aryl methyl sites for hydroxylation is 2. The first-order valence-corrected chi connectivity index (χ1v) is 11.8. The van der Waals surface area contributed by atoms with Gasteiger partial charge in [-0.2, -0.15) is 0 Å². The second kappa shape index (κ2) is 9.53. The van der Waals surface area contributed by atoms with Crippen molar-refractivity contribution in [3.63, 3.8) is 0 Å². The van der Waals surface area contributed by atoms with Crippen LogP contribution >= 0.6 is 11.9 Å². The number of hydrogen-bond acceptors (Lipinski definition) is 5. The number of fused-ring (bicyclic) bond motifs is 2. The number of pyridine rings is 1. The van der Waals surface area contributed by atoms with E-state index in [9.17, 15) is 13.6 Å². The van der Waals surface area contributed by atoms with Gasteiger partial charge in [-0.15, -0.1) is 0 Å². The highest BCUT2D eigenvalue weighted by atomic mass is 32.2. The lowest BCUT2D eigenvalue weighted by Gasteiger charge is -2.26. The van der Waals surface area contributed by atoms with Crippen LogP contribution in [-0.4, -0.2) is 29.9 Å². The third-order valence-electron chi connectivity index (χ3n) is 6.00. The Morgan fingerprint density at radius 1 is 1.10 bits per heavy atom. The van der Waals surface area contributed by atoms with E-state index in [-0.39, 0.29) is 25.3 Å². The quantitative estimate of drug-likeness (QED) is 0.490. The van der Waals surface area contributed by atoms with E-state index in [0.29, 0.717) is 30.0 Å². The smallest absolute Gasteiger partial charge is 0.262 e. The van der Waals surface area contributed by atoms with Gasteiger partial charge in [0.05, 0.1) is 5.56 Å². The first kappa shape index (κ1) is 22.0.